The van der Waals surface area contributed by atoms with Gasteiger partial charge in [0.25, 0.3) is 0 Å². The standard InChI is InChI=1S/C14H18N2O2/c1-9-10(3-4-15)11-7-13-14(18-6-5-17-13)8-12(11)16(9)2/h7-8H,3-6,15H2,1-2H3. The maximum Gasteiger partial charge on any atom is 0.163 e. The molecule has 1 aliphatic rings. The smallest absolute Gasteiger partial charge is 0.163 e. The van der Waals surface area contributed by atoms with Gasteiger partial charge in [-0.2, -0.15) is 0 Å². The molecule has 0 spiro atoms. The van der Waals surface area contributed by atoms with Gasteiger partial charge in [-0.1, -0.05) is 0 Å². The summed E-state index contributed by atoms with van der Waals surface area (Å²) in [6, 6.07) is 4.15. The molecule has 0 amide bonds. The molecule has 2 heterocycles. The molecule has 1 aromatic carbocycles. The fraction of sp³-hybridized carbons (Fsp3) is 0.429. The summed E-state index contributed by atoms with van der Waals surface area (Å²) in [5, 5.41) is 1.23. The second-order valence-electron chi connectivity index (χ2n) is 4.67. The van der Waals surface area contributed by atoms with Gasteiger partial charge in [0.15, 0.2) is 11.5 Å². The number of hydrogen-bond acceptors (Lipinski definition) is 3. The minimum atomic E-state index is 0.622. The maximum absolute atomic E-state index is 5.70. The summed E-state index contributed by atoms with van der Waals surface area (Å²) >= 11 is 0. The predicted molar refractivity (Wildman–Crippen MR) is 71.4 cm³/mol. The molecule has 0 radical (unpaired) electrons. The lowest BCUT2D eigenvalue weighted by Gasteiger charge is -2.18. The van der Waals surface area contributed by atoms with E-state index in [9.17, 15) is 0 Å². The van der Waals surface area contributed by atoms with Crippen molar-refractivity contribution in [3.8, 4) is 11.5 Å². The van der Waals surface area contributed by atoms with Crippen LogP contribution in [0.3, 0.4) is 0 Å². The molecule has 2 N–H and O–H groups in total. The summed E-state index contributed by atoms with van der Waals surface area (Å²) in [5.41, 5.74) is 9.46. The van der Waals surface area contributed by atoms with E-state index in [1.807, 2.05) is 0 Å². The number of ether oxygens (including phenoxy) is 2. The molecule has 4 nitrogen and oxygen atoms in total. The van der Waals surface area contributed by atoms with E-state index >= 15 is 0 Å². The third-order valence-corrected chi connectivity index (χ3v) is 3.68. The van der Waals surface area contributed by atoms with Crippen LogP contribution in [-0.2, 0) is 13.5 Å². The van der Waals surface area contributed by atoms with Gasteiger partial charge in [0.1, 0.15) is 13.2 Å². The Kier molecular flexibility index (Phi) is 2.67. The van der Waals surface area contributed by atoms with Crippen LogP contribution in [0.5, 0.6) is 11.5 Å². The highest BCUT2D eigenvalue weighted by atomic mass is 16.6. The quantitative estimate of drug-likeness (QED) is 0.878. The fourth-order valence-electron chi connectivity index (χ4n) is 2.64. The summed E-state index contributed by atoms with van der Waals surface area (Å²) in [7, 11) is 2.08. The Morgan fingerprint density at radius 3 is 2.56 bits per heavy atom. The van der Waals surface area contributed by atoms with Crippen LogP contribution in [0.2, 0.25) is 0 Å². The molecule has 3 rings (SSSR count). The van der Waals surface area contributed by atoms with Crippen LogP contribution in [0.15, 0.2) is 12.1 Å². The normalized spacial score (nSPS) is 14.2. The van der Waals surface area contributed by atoms with Gasteiger partial charge in [0.05, 0.1) is 5.52 Å². The van der Waals surface area contributed by atoms with E-state index in [0.29, 0.717) is 19.8 Å². The lowest BCUT2D eigenvalue weighted by molar-refractivity contribution is 0.172. The van der Waals surface area contributed by atoms with E-state index in [0.717, 1.165) is 17.9 Å². The van der Waals surface area contributed by atoms with Gasteiger partial charge in [0.2, 0.25) is 0 Å². The van der Waals surface area contributed by atoms with Crippen molar-refractivity contribution in [2.24, 2.45) is 12.8 Å². The Bertz CT molecular complexity index is 602. The molecule has 2 aromatic rings. The first-order valence-electron chi connectivity index (χ1n) is 6.30. The van der Waals surface area contributed by atoms with Gasteiger partial charge in [-0.25, -0.2) is 0 Å². The largest absolute Gasteiger partial charge is 0.486 e. The number of fused-ring (bicyclic) bond motifs is 2. The van der Waals surface area contributed by atoms with Crippen molar-refractivity contribution in [1.29, 1.82) is 0 Å². The number of aromatic nitrogens is 1. The number of nitrogens with two attached hydrogens (primary N) is 1. The summed E-state index contributed by atoms with van der Waals surface area (Å²) in [5.74, 6) is 1.69. The Balaban J connectivity index is 2.26. The number of nitrogens with zero attached hydrogens (tertiary/aromatic N) is 1. The van der Waals surface area contributed by atoms with E-state index < -0.39 is 0 Å². The van der Waals surface area contributed by atoms with Crippen molar-refractivity contribution >= 4 is 10.9 Å². The van der Waals surface area contributed by atoms with Gasteiger partial charge in [0, 0.05) is 24.2 Å². The van der Waals surface area contributed by atoms with Crippen LogP contribution in [0.4, 0.5) is 0 Å². The molecule has 0 aliphatic carbocycles. The lowest BCUT2D eigenvalue weighted by atomic mass is 10.1. The first-order chi connectivity index (χ1) is 8.72. The first-order valence-corrected chi connectivity index (χ1v) is 6.30. The van der Waals surface area contributed by atoms with Crippen LogP contribution >= 0.6 is 0 Å². The number of hydrogen-bond donors (Lipinski definition) is 1. The molecule has 96 valence electrons. The molecule has 0 fully saturated rings. The topological polar surface area (TPSA) is 49.4 Å². The predicted octanol–water partition coefficient (Wildman–Crippen LogP) is 1.76. The minimum absolute atomic E-state index is 0.622. The Morgan fingerprint density at radius 1 is 1.22 bits per heavy atom. The van der Waals surface area contributed by atoms with Crippen LogP contribution in [0, 0.1) is 6.92 Å². The average Bonchev–Trinajstić information content (AvgIpc) is 2.62. The monoisotopic (exact) mass is 246 g/mol. The number of rotatable bonds is 2. The fourth-order valence-corrected chi connectivity index (χ4v) is 2.64. The van der Waals surface area contributed by atoms with Crippen LogP contribution in [0.25, 0.3) is 10.9 Å². The molecule has 0 unspecified atom stereocenters. The van der Waals surface area contributed by atoms with E-state index in [1.165, 1.54) is 22.2 Å². The lowest BCUT2D eigenvalue weighted by Crippen LogP contribution is -2.15. The molecular formula is C14H18N2O2. The highest BCUT2D eigenvalue weighted by Gasteiger charge is 2.18. The van der Waals surface area contributed by atoms with E-state index in [4.69, 9.17) is 15.2 Å². The minimum Gasteiger partial charge on any atom is -0.486 e. The third-order valence-electron chi connectivity index (χ3n) is 3.68. The van der Waals surface area contributed by atoms with Crippen LogP contribution in [-0.4, -0.2) is 24.3 Å². The SMILES string of the molecule is Cc1c(CCN)c2cc3c(cc2n1C)OCCO3. The average molecular weight is 246 g/mol. The molecule has 0 saturated carbocycles. The number of benzene rings is 1. The summed E-state index contributed by atoms with van der Waals surface area (Å²) in [6.45, 7) is 4.04. The van der Waals surface area contributed by atoms with Gasteiger partial charge < -0.3 is 19.8 Å². The Hall–Kier alpha value is -1.68. The second-order valence-corrected chi connectivity index (χ2v) is 4.67. The second kappa shape index (κ2) is 4.21. The van der Waals surface area contributed by atoms with Crippen LogP contribution in [0.1, 0.15) is 11.3 Å². The maximum atomic E-state index is 5.70. The van der Waals surface area contributed by atoms with Crippen molar-refractivity contribution in [2.45, 2.75) is 13.3 Å². The third kappa shape index (κ3) is 1.56. The molecule has 18 heavy (non-hydrogen) atoms. The van der Waals surface area contributed by atoms with E-state index in [2.05, 4.69) is 30.7 Å². The molecule has 0 bridgehead atoms. The van der Waals surface area contributed by atoms with Crippen molar-refractivity contribution in [2.75, 3.05) is 19.8 Å². The van der Waals surface area contributed by atoms with Gasteiger partial charge >= 0.3 is 0 Å². The zero-order chi connectivity index (χ0) is 12.7. The van der Waals surface area contributed by atoms with Gasteiger partial charge in [-0.15, -0.1) is 0 Å². The van der Waals surface area contributed by atoms with Crippen molar-refractivity contribution in [1.82, 2.24) is 4.57 Å². The molecular weight excluding hydrogens is 228 g/mol. The van der Waals surface area contributed by atoms with E-state index in [-0.39, 0.29) is 0 Å². The summed E-state index contributed by atoms with van der Waals surface area (Å²) < 4.78 is 13.5. The highest BCUT2D eigenvalue weighted by Crippen LogP contribution is 2.37. The summed E-state index contributed by atoms with van der Waals surface area (Å²) in [4.78, 5) is 0. The molecule has 1 aliphatic heterocycles. The summed E-state index contributed by atoms with van der Waals surface area (Å²) in [6.07, 6.45) is 0.892. The highest BCUT2D eigenvalue weighted by molar-refractivity contribution is 5.88. The molecule has 0 atom stereocenters. The molecule has 0 saturated heterocycles. The van der Waals surface area contributed by atoms with Gasteiger partial charge in [-0.05, 0) is 31.5 Å². The van der Waals surface area contributed by atoms with Crippen molar-refractivity contribution in [3.05, 3.63) is 23.4 Å². The zero-order valence-electron chi connectivity index (χ0n) is 10.8. The molecule has 4 heteroatoms. The zero-order valence-corrected chi connectivity index (χ0v) is 10.8. The Labute approximate surface area is 106 Å². The number of aryl methyl sites for hydroxylation is 1. The van der Waals surface area contributed by atoms with Gasteiger partial charge in [-0.3, -0.25) is 0 Å². The van der Waals surface area contributed by atoms with Crippen molar-refractivity contribution < 1.29 is 9.47 Å². The first kappa shape index (κ1) is 11.4. The Morgan fingerprint density at radius 2 is 1.89 bits per heavy atom. The molecule has 1 aromatic heterocycles. The van der Waals surface area contributed by atoms with E-state index in [1.54, 1.807) is 0 Å². The van der Waals surface area contributed by atoms with Crippen LogP contribution < -0.4 is 15.2 Å². The van der Waals surface area contributed by atoms with Crippen molar-refractivity contribution in [3.63, 3.8) is 0 Å².